The highest BCUT2D eigenvalue weighted by Crippen LogP contribution is 2.41. The molecule has 9 aromatic carbocycles. The van der Waals surface area contributed by atoms with Gasteiger partial charge in [0.05, 0.1) is 0 Å². The van der Waals surface area contributed by atoms with Crippen LogP contribution in [0.3, 0.4) is 0 Å². The van der Waals surface area contributed by atoms with Crippen LogP contribution in [-0.2, 0) is 0 Å². The third-order valence-electron chi connectivity index (χ3n) is 11.1. The fraction of sp³-hybridized carbons (Fsp3) is 0.0566. The average Bonchev–Trinajstić information content (AvgIpc) is 3.62. The van der Waals surface area contributed by atoms with Crippen LogP contribution in [0.2, 0.25) is 0 Å². The highest BCUT2D eigenvalue weighted by molar-refractivity contribution is 6.14. The van der Waals surface area contributed by atoms with Crippen molar-refractivity contribution in [1.82, 2.24) is 0 Å². The lowest BCUT2D eigenvalue weighted by Gasteiger charge is -2.17. The number of fused-ring (bicyclic) bond motifs is 6. The minimum atomic E-state index is 0.917. The van der Waals surface area contributed by atoms with Gasteiger partial charge < -0.3 is 4.42 Å². The van der Waals surface area contributed by atoms with Gasteiger partial charge in [0.15, 0.2) is 0 Å². The summed E-state index contributed by atoms with van der Waals surface area (Å²) in [5, 5.41) is 12.4. The largest absolute Gasteiger partial charge is 0.455 e. The minimum absolute atomic E-state index is 0.917. The quantitative estimate of drug-likeness (QED) is 0.175. The van der Waals surface area contributed by atoms with E-state index in [2.05, 4.69) is 190 Å². The van der Waals surface area contributed by atoms with Gasteiger partial charge in [-0.3, -0.25) is 0 Å². The Bertz CT molecular complexity index is 3200. The highest BCUT2D eigenvalue weighted by Gasteiger charge is 2.18. The maximum Gasteiger partial charge on any atom is 0.143 e. The molecule has 1 aromatic heterocycles. The number of furan rings is 1. The standard InChI is InChI=1S/C53H38O/c1-3-14-45-39(4-2)52(38-30-25-34-15-5-6-16-37(34)33-38)47-21-10-9-20-46(47)51(45)36-28-26-35(27-29-36)40-31-32-43(42-18-8-7-17-41(40)42)48-22-13-23-49-44-19-11-12-24-50(44)54-53(48)49/h4-33H,3H2,1-2H3/b39-4+,45-14+. The molecule has 0 N–H and O–H groups in total. The van der Waals surface area contributed by atoms with Crippen molar-refractivity contribution >= 4 is 66.4 Å². The summed E-state index contributed by atoms with van der Waals surface area (Å²) < 4.78 is 6.48. The first-order valence-corrected chi connectivity index (χ1v) is 19.0. The predicted molar refractivity (Wildman–Crippen MR) is 232 cm³/mol. The second-order valence-corrected chi connectivity index (χ2v) is 14.2. The summed E-state index contributed by atoms with van der Waals surface area (Å²) in [5.74, 6) is 0. The Hall–Kier alpha value is -6.70. The van der Waals surface area contributed by atoms with Gasteiger partial charge >= 0.3 is 0 Å². The van der Waals surface area contributed by atoms with Crippen molar-refractivity contribution in [1.29, 1.82) is 0 Å². The van der Waals surface area contributed by atoms with Crippen molar-refractivity contribution in [3.8, 4) is 44.5 Å². The van der Waals surface area contributed by atoms with Gasteiger partial charge in [-0.2, -0.15) is 0 Å². The van der Waals surface area contributed by atoms with Crippen LogP contribution in [0.5, 0.6) is 0 Å². The van der Waals surface area contributed by atoms with Crippen LogP contribution in [0.25, 0.3) is 111 Å². The van der Waals surface area contributed by atoms with Crippen molar-refractivity contribution in [2.24, 2.45) is 0 Å². The van der Waals surface area contributed by atoms with E-state index < -0.39 is 0 Å². The molecule has 1 heterocycles. The molecule has 0 amide bonds. The van der Waals surface area contributed by atoms with Crippen LogP contribution in [0.4, 0.5) is 0 Å². The second kappa shape index (κ2) is 13.1. The monoisotopic (exact) mass is 690 g/mol. The van der Waals surface area contributed by atoms with E-state index in [1.54, 1.807) is 0 Å². The van der Waals surface area contributed by atoms with Crippen molar-refractivity contribution in [3.05, 3.63) is 180 Å². The van der Waals surface area contributed by atoms with E-state index in [0.717, 1.165) is 33.9 Å². The Kier molecular flexibility index (Phi) is 7.74. The summed E-state index contributed by atoms with van der Waals surface area (Å²) in [4.78, 5) is 0. The molecule has 1 nitrogen and oxygen atoms in total. The molecule has 0 aliphatic carbocycles. The highest BCUT2D eigenvalue weighted by atomic mass is 16.3. The summed E-state index contributed by atoms with van der Waals surface area (Å²) >= 11 is 0. The van der Waals surface area contributed by atoms with Crippen molar-refractivity contribution < 1.29 is 4.42 Å². The van der Waals surface area contributed by atoms with Gasteiger partial charge in [-0.05, 0) is 107 Å². The zero-order chi connectivity index (χ0) is 36.2. The first kappa shape index (κ1) is 32.0. The molecule has 0 bridgehead atoms. The van der Waals surface area contributed by atoms with Crippen molar-refractivity contribution in [2.45, 2.75) is 20.3 Å². The molecular formula is C53H38O. The molecule has 0 spiro atoms. The molecule has 10 aromatic rings. The molecular weight excluding hydrogens is 653 g/mol. The Labute approximate surface area is 314 Å². The Morgan fingerprint density at radius 2 is 1.00 bits per heavy atom. The zero-order valence-electron chi connectivity index (χ0n) is 30.4. The first-order chi connectivity index (χ1) is 26.7. The van der Waals surface area contributed by atoms with Gasteiger partial charge in [0.25, 0.3) is 0 Å². The Morgan fingerprint density at radius 3 is 1.74 bits per heavy atom. The van der Waals surface area contributed by atoms with Gasteiger partial charge in [-0.1, -0.05) is 177 Å². The third kappa shape index (κ3) is 5.08. The lowest BCUT2D eigenvalue weighted by Crippen LogP contribution is -2.29. The smallest absolute Gasteiger partial charge is 0.143 e. The molecule has 0 aliphatic heterocycles. The maximum atomic E-state index is 6.48. The van der Waals surface area contributed by atoms with Crippen LogP contribution < -0.4 is 10.4 Å². The number of rotatable bonds is 5. The topological polar surface area (TPSA) is 13.1 Å². The van der Waals surface area contributed by atoms with Crippen LogP contribution in [0.15, 0.2) is 174 Å². The van der Waals surface area contributed by atoms with Gasteiger partial charge in [0, 0.05) is 16.3 Å². The number of benzene rings is 9. The van der Waals surface area contributed by atoms with Gasteiger partial charge in [0.1, 0.15) is 11.2 Å². The average molecular weight is 691 g/mol. The molecule has 0 saturated heterocycles. The Balaban J connectivity index is 1.13. The summed E-state index contributed by atoms with van der Waals surface area (Å²) in [6, 6.07) is 61.8. The van der Waals surface area contributed by atoms with Crippen molar-refractivity contribution in [2.75, 3.05) is 0 Å². The van der Waals surface area contributed by atoms with E-state index in [9.17, 15) is 0 Å². The lowest BCUT2D eigenvalue weighted by atomic mass is 9.86. The van der Waals surface area contributed by atoms with E-state index in [-0.39, 0.29) is 0 Å². The molecule has 256 valence electrons. The summed E-state index contributed by atoms with van der Waals surface area (Å²) in [6.45, 7) is 4.42. The van der Waals surface area contributed by atoms with Gasteiger partial charge in [0.2, 0.25) is 0 Å². The predicted octanol–water partition coefficient (Wildman–Crippen LogP) is 13.7. The second-order valence-electron chi connectivity index (χ2n) is 14.2. The molecule has 0 radical (unpaired) electrons. The molecule has 0 unspecified atom stereocenters. The molecule has 0 aliphatic rings. The number of para-hydroxylation sites is 2. The van der Waals surface area contributed by atoms with E-state index >= 15 is 0 Å². The van der Waals surface area contributed by atoms with Gasteiger partial charge in [-0.15, -0.1) is 0 Å². The van der Waals surface area contributed by atoms with Crippen LogP contribution in [0.1, 0.15) is 20.3 Å². The van der Waals surface area contributed by atoms with E-state index in [1.165, 1.54) is 81.7 Å². The summed E-state index contributed by atoms with van der Waals surface area (Å²) in [5.41, 5.74) is 11.6. The van der Waals surface area contributed by atoms with E-state index in [0.29, 0.717) is 0 Å². The lowest BCUT2D eigenvalue weighted by molar-refractivity contribution is 0.670. The molecule has 0 fully saturated rings. The third-order valence-corrected chi connectivity index (χ3v) is 11.1. The zero-order valence-corrected chi connectivity index (χ0v) is 30.4. The normalized spacial score (nSPS) is 12.6. The number of hydrogen-bond acceptors (Lipinski definition) is 1. The van der Waals surface area contributed by atoms with Gasteiger partial charge in [-0.25, -0.2) is 0 Å². The summed E-state index contributed by atoms with van der Waals surface area (Å²) in [7, 11) is 0. The van der Waals surface area contributed by atoms with Crippen molar-refractivity contribution in [3.63, 3.8) is 0 Å². The van der Waals surface area contributed by atoms with Crippen LogP contribution in [-0.4, -0.2) is 0 Å². The SMILES string of the molecule is C/C=c1/c(-c2ccc3ccccc3c2)c2ccccc2c(-c2ccc(-c3ccc(-c4cccc5c4oc4ccccc45)c4ccccc34)cc2)/c1=C/CC. The number of hydrogen-bond donors (Lipinski definition) is 0. The van der Waals surface area contributed by atoms with Crippen LogP contribution in [0, 0.1) is 0 Å². The van der Waals surface area contributed by atoms with E-state index in [1.807, 2.05) is 6.07 Å². The molecule has 0 saturated carbocycles. The Morgan fingerprint density at radius 1 is 0.426 bits per heavy atom. The summed E-state index contributed by atoms with van der Waals surface area (Å²) in [6.07, 6.45) is 5.65. The maximum absolute atomic E-state index is 6.48. The molecule has 1 heteroatoms. The molecule has 54 heavy (non-hydrogen) atoms. The molecule has 10 rings (SSSR count). The minimum Gasteiger partial charge on any atom is -0.455 e. The molecule has 0 atom stereocenters. The fourth-order valence-electron chi connectivity index (χ4n) is 8.72. The van der Waals surface area contributed by atoms with E-state index in [4.69, 9.17) is 4.42 Å². The van der Waals surface area contributed by atoms with Crippen LogP contribution >= 0.6 is 0 Å². The fourth-order valence-corrected chi connectivity index (χ4v) is 8.72. The first-order valence-electron chi connectivity index (χ1n) is 19.0.